The number of carbonyl (C=O) groups excluding carboxylic acids is 2. The second-order valence-electron chi connectivity index (χ2n) is 6.37. The minimum Gasteiger partial charge on any atom is -0.487 e. The molecule has 1 atom stereocenters. The van der Waals surface area contributed by atoms with E-state index in [0.717, 1.165) is 25.3 Å². The average Bonchev–Trinajstić information content (AvgIpc) is 3.15. The highest BCUT2D eigenvalue weighted by molar-refractivity contribution is 8.02. The molecule has 2 N–H and O–H groups in total. The van der Waals surface area contributed by atoms with E-state index in [0.29, 0.717) is 36.2 Å². The Balaban J connectivity index is 1.51. The fraction of sp³-hybridized carbons (Fsp3) is 0.474. The molecule has 2 aliphatic rings. The summed E-state index contributed by atoms with van der Waals surface area (Å²) in [7, 11) is 0. The third kappa shape index (κ3) is 4.80. The molecule has 6 nitrogen and oxygen atoms in total. The van der Waals surface area contributed by atoms with Gasteiger partial charge in [0.25, 0.3) is 11.8 Å². The first-order chi connectivity index (χ1) is 12.7. The molecule has 2 amide bonds. The number of likely N-dealkylation sites (tertiary alicyclic amines) is 1. The quantitative estimate of drug-likeness (QED) is 0.799. The Morgan fingerprint density at radius 3 is 2.77 bits per heavy atom. The standard InChI is InChI=1S/C19H25N3O3S/c1-2-22-9-3-4-16(22)12-20-18(23)14-5-7-15(8-6-14)21-19(24)17-13-26-11-10-25-17/h5-8,13,16H,2-4,9-12H2,1H3,(H,20,23)(H,21,24)/t16-/m1/s1. The monoisotopic (exact) mass is 375 g/mol. The summed E-state index contributed by atoms with van der Waals surface area (Å²) in [5.41, 5.74) is 1.23. The molecule has 0 aliphatic carbocycles. The molecule has 0 radical (unpaired) electrons. The van der Waals surface area contributed by atoms with Crippen LogP contribution in [-0.4, -0.2) is 54.8 Å². The molecule has 0 unspecified atom stereocenters. The molecule has 2 heterocycles. The van der Waals surface area contributed by atoms with Crippen LogP contribution in [0.1, 0.15) is 30.1 Å². The van der Waals surface area contributed by atoms with Crippen molar-refractivity contribution in [2.75, 3.05) is 37.3 Å². The number of thioether (sulfide) groups is 1. The molecule has 1 saturated heterocycles. The van der Waals surface area contributed by atoms with Gasteiger partial charge < -0.3 is 15.4 Å². The van der Waals surface area contributed by atoms with Crippen LogP contribution >= 0.6 is 11.8 Å². The Morgan fingerprint density at radius 1 is 1.27 bits per heavy atom. The second kappa shape index (κ2) is 9.09. The Morgan fingerprint density at radius 2 is 2.08 bits per heavy atom. The minimum atomic E-state index is -0.268. The van der Waals surface area contributed by atoms with E-state index in [1.54, 1.807) is 41.4 Å². The fourth-order valence-corrected chi connectivity index (χ4v) is 3.86. The van der Waals surface area contributed by atoms with E-state index in [2.05, 4.69) is 22.5 Å². The van der Waals surface area contributed by atoms with Crippen LogP contribution in [0.15, 0.2) is 35.4 Å². The van der Waals surface area contributed by atoms with Crippen molar-refractivity contribution in [2.24, 2.45) is 0 Å². The van der Waals surface area contributed by atoms with Gasteiger partial charge in [-0.3, -0.25) is 14.5 Å². The summed E-state index contributed by atoms with van der Waals surface area (Å²) < 4.78 is 5.33. The summed E-state index contributed by atoms with van der Waals surface area (Å²) in [6.45, 7) is 5.51. The first-order valence-corrected chi connectivity index (χ1v) is 10.1. The maximum absolute atomic E-state index is 12.3. The number of hydrogen-bond donors (Lipinski definition) is 2. The first kappa shape index (κ1) is 18.8. The highest BCUT2D eigenvalue weighted by Gasteiger charge is 2.23. The molecule has 1 aromatic rings. The average molecular weight is 375 g/mol. The Labute approximate surface area is 158 Å². The molecular formula is C19H25N3O3S. The van der Waals surface area contributed by atoms with Crippen molar-refractivity contribution in [1.82, 2.24) is 10.2 Å². The van der Waals surface area contributed by atoms with Crippen molar-refractivity contribution < 1.29 is 14.3 Å². The van der Waals surface area contributed by atoms with Gasteiger partial charge in [0.05, 0.1) is 6.61 Å². The molecule has 0 bridgehead atoms. The Kier molecular flexibility index (Phi) is 6.57. The van der Waals surface area contributed by atoms with Crippen LogP contribution < -0.4 is 10.6 Å². The van der Waals surface area contributed by atoms with Gasteiger partial charge in [0.2, 0.25) is 0 Å². The topological polar surface area (TPSA) is 70.7 Å². The number of likely N-dealkylation sites (N-methyl/N-ethyl adjacent to an activating group) is 1. The van der Waals surface area contributed by atoms with Crippen molar-refractivity contribution >= 4 is 29.3 Å². The molecule has 0 saturated carbocycles. The van der Waals surface area contributed by atoms with Gasteiger partial charge >= 0.3 is 0 Å². The predicted molar refractivity (Wildman–Crippen MR) is 104 cm³/mol. The molecule has 2 aliphatic heterocycles. The summed E-state index contributed by atoms with van der Waals surface area (Å²) >= 11 is 1.56. The molecular weight excluding hydrogens is 350 g/mol. The highest BCUT2D eigenvalue weighted by Crippen LogP contribution is 2.18. The molecule has 7 heteroatoms. The SMILES string of the molecule is CCN1CCC[C@@H]1CNC(=O)c1ccc(NC(=O)C2=CSCCO2)cc1. The number of carbonyl (C=O) groups is 2. The van der Waals surface area contributed by atoms with Gasteiger partial charge in [-0.15, -0.1) is 11.8 Å². The number of anilines is 1. The third-order valence-electron chi connectivity index (χ3n) is 4.68. The second-order valence-corrected chi connectivity index (χ2v) is 7.34. The third-order valence-corrected chi connectivity index (χ3v) is 5.46. The van der Waals surface area contributed by atoms with Crippen LogP contribution in [0.4, 0.5) is 5.69 Å². The van der Waals surface area contributed by atoms with E-state index < -0.39 is 0 Å². The van der Waals surface area contributed by atoms with Crippen molar-refractivity contribution in [3.05, 3.63) is 41.0 Å². The van der Waals surface area contributed by atoms with E-state index in [1.807, 2.05) is 0 Å². The van der Waals surface area contributed by atoms with Gasteiger partial charge in [-0.05, 0) is 50.2 Å². The number of ether oxygens (including phenoxy) is 1. The van der Waals surface area contributed by atoms with E-state index >= 15 is 0 Å². The van der Waals surface area contributed by atoms with Crippen molar-refractivity contribution in [3.63, 3.8) is 0 Å². The number of nitrogens with one attached hydrogen (secondary N) is 2. The van der Waals surface area contributed by atoms with E-state index in [-0.39, 0.29) is 11.8 Å². The molecule has 0 aromatic heterocycles. The van der Waals surface area contributed by atoms with Gasteiger partial charge in [0, 0.05) is 35.0 Å². The van der Waals surface area contributed by atoms with Crippen LogP contribution in [0.3, 0.4) is 0 Å². The summed E-state index contributed by atoms with van der Waals surface area (Å²) in [5.74, 6) is 0.841. The van der Waals surface area contributed by atoms with Crippen LogP contribution in [-0.2, 0) is 9.53 Å². The number of hydrogen-bond acceptors (Lipinski definition) is 5. The largest absolute Gasteiger partial charge is 0.487 e. The van der Waals surface area contributed by atoms with E-state index in [4.69, 9.17) is 4.74 Å². The predicted octanol–water partition coefficient (Wildman–Crippen LogP) is 2.44. The number of nitrogens with zero attached hydrogens (tertiary/aromatic N) is 1. The van der Waals surface area contributed by atoms with E-state index in [9.17, 15) is 9.59 Å². The zero-order valence-electron chi connectivity index (χ0n) is 15.0. The number of rotatable bonds is 6. The van der Waals surface area contributed by atoms with Gasteiger partial charge in [-0.1, -0.05) is 6.92 Å². The normalized spacial score (nSPS) is 20.2. The lowest BCUT2D eigenvalue weighted by Crippen LogP contribution is -2.40. The van der Waals surface area contributed by atoms with Gasteiger partial charge in [-0.25, -0.2) is 0 Å². The molecule has 140 valence electrons. The van der Waals surface area contributed by atoms with Crippen molar-refractivity contribution in [3.8, 4) is 0 Å². The lowest BCUT2D eigenvalue weighted by atomic mass is 10.1. The molecule has 3 rings (SSSR count). The lowest BCUT2D eigenvalue weighted by Gasteiger charge is -2.22. The zero-order chi connectivity index (χ0) is 18.4. The maximum atomic E-state index is 12.3. The molecule has 1 aromatic carbocycles. The van der Waals surface area contributed by atoms with E-state index in [1.165, 1.54) is 6.42 Å². The lowest BCUT2D eigenvalue weighted by molar-refractivity contribution is -0.116. The van der Waals surface area contributed by atoms with Gasteiger partial charge in [0.15, 0.2) is 5.76 Å². The van der Waals surface area contributed by atoms with Crippen LogP contribution in [0, 0.1) is 0 Å². The van der Waals surface area contributed by atoms with Crippen molar-refractivity contribution in [1.29, 1.82) is 0 Å². The smallest absolute Gasteiger partial charge is 0.291 e. The van der Waals surface area contributed by atoms with Gasteiger partial charge in [0.1, 0.15) is 0 Å². The van der Waals surface area contributed by atoms with Crippen LogP contribution in [0.5, 0.6) is 0 Å². The van der Waals surface area contributed by atoms with Crippen molar-refractivity contribution in [2.45, 2.75) is 25.8 Å². The van der Waals surface area contributed by atoms with Crippen LogP contribution in [0.2, 0.25) is 0 Å². The summed E-state index contributed by atoms with van der Waals surface area (Å²) in [4.78, 5) is 26.8. The fourth-order valence-electron chi connectivity index (χ4n) is 3.24. The van der Waals surface area contributed by atoms with Gasteiger partial charge in [-0.2, -0.15) is 0 Å². The Bertz CT molecular complexity index is 675. The minimum absolute atomic E-state index is 0.0828. The molecule has 26 heavy (non-hydrogen) atoms. The Hall–Kier alpha value is -1.99. The summed E-state index contributed by atoms with van der Waals surface area (Å²) in [5, 5.41) is 7.53. The summed E-state index contributed by atoms with van der Waals surface area (Å²) in [6.07, 6.45) is 2.33. The zero-order valence-corrected chi connectivity index (χ0v) is 15.8. The number of benzene rings is 1. The number of amides is 2. The maximum Gasteiger partial charge on any atom is 0.291 e. The summed E-state index contributed by atoms with van der Waals surface area (Å²) in [6, 6.07) is 7.35. The highest BCUT2D eigenvalue weighted by atomic mass is 32.2. The molecule has 1 fully saturated rings. The first-order valence-electron chi connectivity index (χ1n) is 9.05. The van der Waals surface area contributed by atoms with Crippen LogP contribution in [0.25, 0.3) is 0 Å². The molecule has 0 spiro atoms.